The average molecular weight is 586 g/mol. The van der Waals surface area contributed by atoms with Gasteiger partial charge in [0.25, 0.3) is 5.91 Å². The van der Waals surface area contributed by atoms with E-state index in [0.717, 1.165) is 15.6 Å². The van der Waals surface area contributed by atoms with Crippen LogP contribution in [0.25, 0.3) is 0 Å². The van der Waals surface area contributed by atoms with Crippen LogP contribution < -0.4 is 14.8 Å². The van der Waals surface area contributed by atoms with Crippen LogP contribution in [0, 0.1) is 13.8 Å². The number of hydrogen-bond donors (Lipinski definition) is 1. The highest BCUT2D eigenvalue weighted by atomic mass is 79.9. The van der Waals surface area contributed by atoms with Crippen LogP contribution in [0.5, 0.6) is 11.5 Å². The van der Waals surface area contributed by atoms with E-state index >= 15 is 0 Å². The van der Waals surface area contributed by atoms with Crippen LogP contribution in [0.3, 0.4) is 0 Å². The molecule has 1 N–H and O–H groups in total. The Kier molecular flexibility index (Phi) is 9.25. The molecule has 0 spiro atoms. The van der Waals surface area contributed by atoms with E-state index in [1.165, 1.54) is 0 Å². The van der Waals surface area contributed by atoms with Gasteiger partial charge in [0.15, 0.2) is 0 Å². The van der Waals surface area contributed by atoms with Crippen LogP contribution in [-0.4, -0.2) is 18.5 Å². The van der Waals surface area contributed by atoms with Crippen LogP contribution in [0.4, 0.5) is 5.69 Å². The van der Waals surface area contributed by atoms with Crippen LogP contribution in [-0.2, 0) is 4.79 Å². The van der Waals surface area contributed by atoms with Gasteiger partial charge in [-0.05, 0) is 95.9 Å². The minimum atomic E-state index is -0.394. The first-order valence-corrected chi connectivity index (χ1v) is 12.2. The lowest BCUT2D eigenvalue weighted by Gasteiger charge is -2.13. The van der Waals surface area contributed by atoms with Crippen molar-refractivity contribution in [1.29, 1.82) is 0 Å². The first-order chi connectivity index (χ1) is 16.2. The van der Waals surface area contributed by atoms with Gasteiger partial charge < -0.3 is 14.8 Å². The average Bonchev–Trinajstić information content (AvgIpc) is 2.81. The Morgan fingerprint density at radius 1 is 1.00 bits per heavy atom. The number of benzene rings is 3. The Morgan fingerprint density at radius 3 is 2.41 bits per heavy atom. The zero-order valence-electron chi connectivity index (χ0n) is 18.4. The van der Waals surface area contributed by atoms with Crippen molar-refractivity contribution in [3.05, 3.63) is 84.8 Å². The van der Waals surface area contributed by atoms with E-state index in [0.29, 0.717) is 50.8 Å². The zero-order valence-corrected chi connectivity index (χ0v) is 22.2. The number of esters is 1. The highest BCUT2D eigenvalue weighted by Crippen LogP contribution is 2.35. The molecule has 178 valence electrons. The summed E-state index contributed by atoms with van der Waals surface area (Å²) in [4.78, 5) is 24.6. The number of ether oxygens (including phenoxy) is 2. The number of rotatable bonds is 8. The van der Waals surface area contributed by atoms with Crippen molar-refractivity contribution < 1.29 is 19.1 Å². The molecule has 0 aromatic heterocycles. The summed E-state index contributed by atoms with van der Waals surface area (Å²) in [5.41, 5.74) is 2.62. The number of carbonyl (C=O) groups excluding carboxylic acids is 2. The van der Waals surface area contributed by atoms with Gasteiger partial charge in [-0.2, -0.15) is 0 Å². The standard InChI is InChI=1S/C25H21BrCl3NO4/c1-14-12-21(23(26)15(2)24(14)29)33-11-3-4-22(31)34-18-8-5-16(6-9-18)25(32)30-20-13-17(27)7-10-19(20)28/h5-10,12-13H,3-4,11H2,1-2H3,(H,30,32). The molecule has 1 amide bonds. The summed E-state index contributed by atoms with van der Waals surface area (Å²) in [6, 6.07) is 12.9. The number of carbonyl (C=O) groups is 2. The van der Waals surface area contributed by atoms with Gasteiger partial charge in [0.1, 0.15) is 11.5 Å². The molecule has 34 heavy (non-hydrogen) atoms. The number of halogens is 4. The van der Waals surface area contributed by atoms with Gasteiger partial charge in [-0.25, -0.2) is 0 Å². The van der Waals surface area contributed by atoms with Crippen molar-refractivity contribution in [3.63, 3.8) is 0 Å². The fraction of sp³-hybridized carbons (Fsp3) is 0.200. The summed E-state index contributed by atoms with van der Waals surface area (Å²) >= 11 is 21.7. The lowest BCUT2D eigenvalue weighted by molar-refractivity contribution is -0.134. The summed E-state index contributed by atoms with van der Waals surface area (Å²) in [6.07, 6.45) is 0.658. The molecule has 5 nitrogen and oxygen atoms in total. The molecule has 9 heteroatoms. The Balaban J connectivity index is 1.47. The predicted molar refractivity (Wildman–Crippen MR) is 140 cm³/mol. The summed E-state index contributed by atoms with van der Waals surface area (Å²) in [5.74, 6) is 0.266. The molecular weight excluding hydrogens is 565 g/mol. The Morgan fingerprint density at radius 2 is 1.71 bits per heavy atom. The predicted octanol–water partition coefficient (Wildman–Crippen LogP) is 8.04. The van der Waals surface area contributed by atoms with E-state index in [1.807, 2.05) is 19.9 Å². The third-order valence-corrected chi connectivity index (χ3v) is 7.01. The van der Waals surface area contributed by atoms with Crippen molar-refractivity contribution in [3.8, 4) is 11.5 Å². The van der Waals surface area contributed by atoms with Crippen molar-refractivity contribution in [2.45, 2.75) is 26.7 Å². The molecule has 3 aromatic rings. The maximum absolute atomic E-state index is 12.4. The molecule has 0 saturated heterocycles. The quantitative estimate of drug-likeness (QED) is 0.165. The number of amides is 1. The molecule has 0 aliphatic heterocycles. The second-order valence-corrected chi connectivity index (χ2v) is 9.49. The molecule has 0 radical (unpaired) electrons. The molecular formula is C25H21BrCl3NO4. The first kappa shape index (κ1) is 26.4. The van der Waals surface area contributed by atoms with Crippen molar-refractivity contribution in [2.24, 2.45) is 0 Å². The largest absolute Gasteiger partial charge is 0.492 e. The van der Waals surface area contributed by atoms with Gasteiger partial charge in [-0.15, -0.1) is 0 Å². The van der Waals surface area contributed by atoms with Gasteiger partial charge in [0.05, 0.1) is 21.8 Å². The summed E-state index contributed by atoms with van der Waals surface area (Å²) < 4.78 is 11.9. The number of aryl methyl sites for hydroxylation is 1. The minimum Gasteiger partial charge on any atom is -0.492 e. The van der Waals surface area contributed by atoms with Gasteiger partial charge in [-0.1, -0.05) is 34.8 Å². The minimum absolute atomic E-state index is 0.179. The summed E-state index contributed by atoms with van der Waals surface area (Å²) in [6.45, 7) is 4.16. The third-order valence-electron chi connectivity index (χ3n) is 4.88. The molecule has 3 aromatic carbocycles. The van der Waals surface area contributed by atoms with Crippen LogP contribution >= 0.6 is 50.7 Å². The van der Waals surface area contributed by atoms with E-state index in [-0.39, 0.29) is 12.3 Å². The van der Waals surface area contributed by atoms with Gasteiger partial charge >= 0.3 is 5.97 Å². The molecule has 0 fully saturated rings. The fourth-order valence-electron chi connectivity index (χ4n) is 3.05. The van der Waals surface area contributed by atoms with Crippen LogP contribution in [0.2, 0.25) is 15.1 Å². The summed E-state index contributed by atoms with van der Waals surface area (Å²) in [5, 5.41) is 4.23. The van der Waals surface area contributed by atoms with Crippen molar-refractivity contribution in [2.75, 3.05) is 11.9 Å². The van der Waals surface area contributed by atoms with Gasteiger partial charge in [0, 0.05) is 22.0 Å². The maximum atomic E-state index is 12.4. The molecule has 3 rings (SSSR count). The highest BCUT2D eigenvalue weighted by molar-refractivity contribution is 9.10. The first-order valence-electron chi connectivity index (χ1n) is 10.3. The van der Waals surface area contributed by atoms with E-state index in [4.69, 9.17) is 44.3 Å². The van der Waals surface area contributed by atoms with E-state index < -0.39 is 5.97 Å². The van der Waals surface area contributed by atoms with Crippen LogP contribution in [0.1, 0.15) is 34.3 Å². The Hall–Kier alpha value is -2.25. The number of nitrogens with one attached hydrogen (secondary N) is 1. The second kappa shape index (κ2) is 11.9. The Labute approximate surface area is 221 Å². The molecule has 0 saturated carbocycles. The smallest absolute Gasteiger partial charge is 0.311 e. The Bertz CT molecular complexity index is 1220. The molecule has 0 bridgehead atoms. The van der Waals surface area contributed by atoms with E-state index in [2.05, 4.69) is 21.2 Å². The lowest BCUT2D eigenvalue weighted by Crippen LogP contribution is -2.13. The molecule has 0 unspecified atom stereocenters. The monoisotopic (exact) mass is 583 g/mol. The molecule has 0 atom stereocenters. The lowest BCUT2D eigenvalue weighted by atomic mass is 10.1. The molecule has 0 aliphatic carbocycles. The van der Waals surface area contributed by atoms with E-state index in [1.54, 1.807) is 42.5 Å². The molecule has 0 aliphatic rings. The van der Waals surface area contributed by atoms with Gasteiger partial charge in [0.2, 0.25) is 0 Å². The third kappa shape index (κ3) is 6.89. The van der Waals surface area contributed by atoms with E-state index in [9.17, 15) is 9.59 Å². The number of hydrogen-bond acceptors (Lipinski definition) is 4. The van der Waals surface area contributed by atoms with Crippen LogP contribution in [0.15, 0.2) is 53.0 Å². The van der Waals surface area contributed by atoms with Gasteiger partial charge in [-0.3, -0.25) is 9.59 Å². The topological polar surface area (TPSA) is 64.6 Å². The summed E-state index contributed by atoms with van der Waals surface area (Å²) in [7, 11) is 0. The second-order valence-electron chi connectivity index (χ2n) is 7.47. The van der Waals surface area contributed by atoms with Crippen molar-refractivity contribution in [1.82, 2.24) is 0 Å². The number of anilines is 1. The SMILES string of the molecule is Cc1cc(OCCCC(=O)Oc2ccc(C(=O)Nc3cc(Cl)ccc3Cl)cc2)c(Br)c(C)c1Cl. The highest BCUT2D eigenvalue weighted by Gasteiger charge is 2.13. The normalized spacial score (nSPS) is 10.6. The van der Waals surface area contributed by atoms with Crippen molar-refractivity contribution >= 4 is 68.3 Å². The molecule has 0 heterocycles. The maximum Gasteiger partial charge on any atom is 0.311 e. The zero-order chi connectivity index (χ0) is 24.8. The fourth-order valence-corrected chi connectivity index (χ4v) is 4.08.